The van der Waals surface area contributed by atoms with Gasteiger partial charge in [-0.3, -0.25) is 4.79 Å². The Kier molecular flexibility index (Phi) is 7.02. The van der Waals surface area contributed by atoms with E-state index in [0.717, 1.165) is 9.75 Å². The highest BCUT2D eigenvalue weighted by Crippen LogP contribution is 2.28. The van der Waals surface area contributed by atoms with Gasteiger partial charge in [-0.05, 0) is 49.4 Å². The van der Waals surface area contributed by atoms with E-state index in [1.54, 1.807) is 40.7 Å². The quantitative estimate of drug-likeness (QED) is 0.492. The molecule has 7 nitrogen and oxygen atoms in total. The average Bonchev–Trinajstić information content (AvgIpc) is 3.45. The Balaban J connectivity index is 1.65. The minimum absolute atomic E-state index is 0.0724. The van der Waals surface area contributed by atoms with Crippen LogP contribution in [0.25, 0.3) is 0 Å². The molecule has 10 heteroatoms. The first-order chi connectivity index (χ1) is 15.3. The van der Waals surface area contributed by atoms with Gasteiger partial charge >= 0.3 is 0 Å². The highest BCUT2D eigenvalue weighted by atomic mass is 35.5. The van der Waals surface area contributed by atoms with Crippen LogP contribution >= 0.6 is 22.9 Å². The predicted molar refractivity (Wildman–Crippen MR) is 122 cm³/mol. The number of thiophene rings is 1. The number of carbonyl (C=O) groups excluding carboxylic acids is 1. The second-order valence-electron chi connectivity index (χ2n) is 7.41. The Morgan fingerprint density at radius 1 is 1.16 bits per heavy atom. The number of halogens is 1. The number of aryl methyl sites for hydroxylation is 1. The molecule has 0 radical (unpaired) electrons. The minimum Gasteiger partial charge on any atom is -0.467 e. The van der Waals surface area contributed by atoms with E-state index in [4.69, 9.17) is 20.8 Å². The number of hydrogen-bond donors (Lipinski definition) is 0. The molecule has 0 atom stereocenters. The lowest BCUT2D eigenvalue weighted by Gasteiger charge is -2.27. The molecule has 1 aliphatic heterocycles. The Morgan fingerprint density at radius 3 is 2.59 bits per heavy atom. The maximum atomic E-state index is 13.5. The Labute approximate surface area is 196 Å². The van der Waals surface area contributed by atoms with Crippen molar-refractivity contribution in [3.8, 4) is 0 Å². The highest BCUT2D eigenvalue weighted by Gasteiger charge is 2.30. The molecule has 0 N–H and O–H groups in total. The smallest absolute Gasteiger partial charge is 0.254 e. The van der Waals surface area contributed by atoms with Crippen LogP contribution in [0.1, 0.15) is 25.9 Å². The van der Waals surface area contributed by atoms with Crippen LogP contribution < -0.4 is 0 Å². The summed E-state index contributed by atoms with van der Waals surface area (Å²) in [6, 6.07) is 11.9. The number of hydrogen-bond acceptors (Lipinski definition) is 6. The third-order valence-corrected chi connectivity index (χ3v) is 8.49. The highest BCUT2D eigenvalue weighted by molar-refractivity contribution is 7.89. The molecular formula is C22H23ClN2O5S2. The van der Waals surface area contributed by atoms with Crippen molar-refractivity contribution in [2.45, 2.75) is 24.9 Å². The van der Waals surface area contributed by atoms with Crippen LogP contribution in [-0.2, 0) is 27.8 Å². The molecule has 0 unspecified atom stereocenters. The van der Waals surface area contributed by atoms with Gasteiger partial charge in [-0.1, -0.05) is 11.6 Å². The molecule has 170 valence electrons. The predicted octanol–water partition coefficient (Wildman–Crippen LogP) is 4.17. The number of nitrogens with zero attached hydrogens (tertiary/aromatic N) is 2. The summed E-state index contributed by atoms with van der Waals surface area (Å²) in [7, 11) is -3.85. The standard InChI is InChI=1S/C22H23ClN2O5S2/c1-16-4-6-19(31-16)15-24(14-18-3-2-10-30-18)22(26)17-5-7-20(23)21(13-17)32(27,28)25-8-11-29-12-9-25/h2-7,10,13H,8-9,11-12,14-15H2,1H3. The fraction of sp³-hybridized carbons (Fsp3) is 0.318. The monoisotopic (exact) mass is 494 g/mol. The van der Waals surface area contributed by atoms with Crippen LogP contribution in [0.3, 0.4) is 0 Å². The second-order valence-corrected chi connectivity index (χ2v) is 11.1. The number of rotatable bonds is 7. The van der Waals surface area contributed by atoms with Crippen molar-refractivity contribution in [3.05, 3.63) is 74.8 Å². The van der Waals surface area contributed by atoms with Crippen LogP contribution in [0.5, 0.6) is 0 Å². The molecule has 32 heavy (non-hydrogen) atoms. The fourth-order valence-electron chi connectivity index (χ4n) is 3.49. The summed E-state index contributed by atoms with van der Waals surface area (Å²) in [6.07, 6.45) is 1.56. The maximum Gasteiger partial charge on any atom is 0.254 e. The molecule has 0 spiro atoms. The van der Waals surface area contributed by atoms with Crippen molar-refractivity contribution in [1.29, 1.82) is 0 Å². The van der Waals surface area contributed by atoms with Crippen LogP contribution in [-0.4, -0.2) is 49.8 Å². The van der Waals surface area contributed by atoms with Gasteiger partial charge in [-0.15, -0.1) is 11.3 Å². The number of carbonyl (C=O) groups is 1. The number of morpholine rings is 1. The zero-order valence-corrected chi connectivity index (χ0v) is 19.9. The Bertz CT molecular complexity index is 1180. The summed E-state index contributed by atoms with van der Waals surface area (Å²) in [5, 5.41) is 0.0829. The first-order valence-corrected chi connectivity index (χ1v) is 12.7. The van der Waals surface area contributed by atoms with Gasteiger partial charge in [0.05, 0.1) is 37.6 Å². The van der Waals surface area contributed by atoms with Crippen molar-refractivity contribution in [1.82, 2.24) is 9.21 Å². The molecule has 1 saturated heterocycles. The van der Waals surface area contributed by atoms with E-state index < -0.39 is 10.0 Å². The Hall–Kier alpha value is -2.17. The van der Waals surface area contributed by atoms with Crippen LogP contribution in [0.2, 0.25) is 5.02 Å². The van der Waals surface area contributed by atoms with Crippen LogP contribution in [0, 0.1) is 6.92 Å². The third-order valence-electron chi connectivity index (χ3n) is 5.12. The molecule has 4 rings (SSSR count). The fourth-order valence-corrected chi connectivity index (χ4v) is 6.31. The largest absolute Gasteiger partial charge is 0.467 e. The van der Waals surface area contributed by atoms with Gasteiger partial charge in [0.1, 0.15) is 10.7 Å². The van der Waals surface area contributed by atoms with Crippen molar-refractivity contribution in [2.24, 2.45) is 0 Å². The van der Waals surface area contributed by atoms with E-state index in [2.05, 4.69) is 0 Å². The molecule has 0 bridgehead atoms. The molecule has 0 saturated carbocycles. The molecule has 3 heterocycles. The summed E-state index contributed by atoms with van der Waals surface area (Å²) in [5.41, 5.74) is 0.251. The van der Waals surface area contributed by atoms with Crippen molar-refractivity contribution in [2.75, 3.05) is 26.3 Å². The topological polar surface area (TPSA) is 80.1 Å². The van der Waals surface area contributed by atoms with Gasteiger partial charge in [0.25, 0.3) is 5.91 Å². The molecule has 3 aromatic rings. The van der Waals surface area contributed by atoms with Gasteiger partial charge in [0, 0.05) is 28.4 Å². The maximum absolute atomic E-state index is 13.5. The third kappa shape index (κ3) is 5.07. The van der Waals surface area contributed by atoms with E-state index in [1.165, 1.54) is 16.4 Å². The van der Waals surface area contributed by atoms with E-state index in [1.807, 2.05) is 19.1 Å². The van der Waals surface area contributed by atoms with Gasteiger partial charge in [-0.2, -0.15) is 4.31 Å². The number of amides is 1. The molecule has 1 aromatic carbocycles. The SMILES string of the molecule is Cc1ccc(CN(Cc2ccco2)C(=O)c2ccc(Cl)c(S(=O)(=O)N3CCOCC3)c2)s1. The summed E-state index contributed by atoms with van der Waals surface area (Å²) in [6.45, 7) is 3.80. The van der Waals surface area contributed by atoms with Gasteiger partial charge in [0.2, 0.25) is 10.0 Å². The molecule has 1 amide bonds. The molecule has 1 aliphatic rings. The number of benzene rings is 1. The van der Waals surface area contributed by atoms with Crippen molar-refractivity contribution in [3.63, 3.8) is 0 Å². The lowest BCUT2D eigenvalue weighted by atomic mass is 10.2. The molecular weight excluding hydrogens is 472 g/mol. The minimum atomic E-state index is -3.85. The lowest BCUT2D eigenvalue weighted by Crippen LogP contribution is -2.40. The number of sulfonamides is 1. The zero-order valence-electron chi connectivity index (χ0n) is 17.5. The molecule has 0 aliphatic carbocycles. The Morgan fingerprint density at radius 2 is 1.94 bits per heavy atom. The van der Waals surface area contributed by atoms with Gasteiger partial charge in [0.15, 0.2) is 0 Å². The van der Waals surface area contributed by atoms with Gasteiger partial charge < -0.3 is 14.1 Å². The van der Waals surface area contributed by atoms with Crippen LogP contribution in [0.4, 0.5) is 0 Å². The van der Waals surface area contributed by atoms with E-state index in [0.29, 0.717) is 25.5 Å². The normalized spacial score (nSPS) is 15.1. The zero-order chi connectivity index (χ0) is 22.7. The first kappa shape index (κ1) is 23.0. The average molecular weight is 495 g/mol. The van der Waals surface area contributed by atoms with Crippen LogP contribution in [0.15, 0.2) is 58.0 Å². The number of furan rings is 1. The van der Waals surface area contributed by atoms with Crippen molar-refractivity contribution < 1.29 is 22.4 Å². The van der Waals surface area contributed by atoms with Crippen molar-refractivity contribution >= 4 is 38.9 Å². The lowest BCUT2D eigenvalue weighted by molar-refractivity contribution is 0.0717. The summed E-state index contributed by atoms with van der Waals surface area (Å²) >= 11 is 7.87. The van der Waals surface area contributed by atoms with E-state index in [-0.39, 0.29) is 41.0 Å². The van der Waals surface area contributed by atoms with E-state index in [9.17, 15) is 13.2 Å². The summed E-state index contributed by atoms with van der Waals surface area (Å²) in [4.78, 5) is 17.2. The van der Waals surface area contributed by atoms with E-state index >= 15 is 0 Å². The second kappa shape index (κ2) is 9.76. The number of ether oxygens (including phenoxy) is 1. The molecule has 1 fully saturated rings. The van der Waals surface area contributed by atoms with Gasteiger partial charge in [-0.25, -0.2) is 8.42 Å². The summed E-state index contributed by atoms with van der Waals surface area (Å²) < 4.78 is 38.3. The molecule has 2 aromatic heterocycles. The first-order valence-electron chi connectivity index (χ1n) is 10.1. The summed E-state index contributed by atoms with van der Waals surface area (Å²) in [5.74, 6) is 0.337.